The summed E-state index contributed by atoms with van der Waals surface area (Å²) in [6, 6.07) is 0. The number of likely N-dealkylation sites (tertiary alicyclic amines) is 1. The first-order valence-corrected chi connectivity index (χ1v) is 7.44. The van der Waals surface area contributed by atoms with E-state index in [0.29, 0.717) is 0 Å². The fourth-order valence-electron chi connectivity index (χ4n) is 3.39. The zero-order chi connectivity index (χ0) is 12.5. The van der Waals surface area contributed by atoms with Gasteiger partial charge in [0.25, 0.3) is 0 Å². The summed E-state index contributed by atoms with van der Waals surface area (Å²) in [7, 11) is 2.23. The van der Waals surface area contributed by atoms with Crippen molar-refractivity contribution in [3.63, 3.8) is 0 Å². The van der Waals surface area contributed by atoms with Crippen LogP contribution in [0.3, 0.4) is 0 Å². The predicted molar refractivity (Wildman–Crippen MR) is 73.6 cm³/mol. The molecule has 0 radical (unpaired) electrons. The van der Waals surface area contributed by atoms with E-state index in [1.165, 1.54) is 63.3 Å². The van der Waals surface area contributed by atoms with Crippen molar-refractivity contribution >= 4 is 0 Å². The van der Waals surface area contributed by atoms with Gasteiger partial charge in [-0.05, 0) is 57.7 Å². The fraction of sp³-hybridized carbons (Fsp3) is 0.800. The maximum absolute atomic E-state index is 4.69. The lowest BCUT2D eigenvalue weighted by Gasteiger charge is -2.29. The number of aromatic nitrogens is 2. The molecule has 0 saturated carbocycles. The smallest absolute Gasteiger partial charge is 0.109 e. The van der Waals surface area contributed by atoms with Crippen LogP contribution in [-0.4, -0.2) is 34.6 Å². The molecule has 0 amide bonds. The average molecular weight is 247 g/mol. The van der Waals surface area contributed by atoms with Crippen molar-refractivity contribution in [3.8, 4) is 0 Å². The van der Waals surface area contributed by atoms with Gasteiger partial charge >= 0.3 is 0 Å². The SMILES string of the molecule is CC1CCn2c(cnc2CC2CCN(C)CC2)C1. The lowest BCUT2D eigenvalue weighted by atomic mass is 9.93. The van der Waals surface area contributed by atoms with Crippen LogP contribution in [0.1, 0.15) is 37.7 Å². The fourth-order valence-corrected chi connectivity index (χ4v) is 3.39. The first kappa shape index (κ1) is 12.2. The van der Waals surface area contributed by atoms with Crippen LogP contribution in [0, 0.1) is 11.8 Å². The Balaban J connectivity index is 1.67. The summed E-state index contributed by atoms with van der Waals surface area (Å²) >= 11 is 0. The van der Waals surface area contributed by atoms with E-state index in [9.17, 15) is 0 Å². The van der Waals surface area contributed by atoms with Crippen LogP contribution in [0.5, 0.6) is 0 Å². The molecule has 18 heavy (non-hydrogen) atoms. The van der Waals surface area contributed by atoms with E-state index in [1.54, 1.807) is 0 Å². The summed E-state index contributed by atoms with van der Waals surface area (Å²) in [6.45, 7) is 6.07. The molecule has 1 saturated heterocycles. The lowest BCUT2D eigenvalue weighted by molar-refractivity contribution is 0.216. The molecule has 2 aliphatic heterocycles. The van der Waals surface area contributed by atoms with Crippen molar-refractivity contribution in [1.29, 1.82) is 0 Å². The van der Waals surface area contributed by atoms with Gasteiger partial charge in [-0.25, -0.2) is 4.98 Å². The van der Waals surface area contributed by atoms with Crippen molar-refractivity contribution in [1.82, 2.24) is 14.5 Å². The number of hydrogen-bond donors (Lipinski definition) is 0. The minimum atomic E-state index is 0.838. The molecule has 1 atom stereocenters. The maximum Gasteiger partial charge on any atom is 0.109 e. The zero-order valence-electron chi connectivity index (χ0n) is 11.7. The molecule has 0 aromatic carbocycles. The van der Waals surface area contributed by atoms with Gasteiger partial charge in [-0.15, -0.1) is 0 Å². The molecule has 3 heteroatoms. The highest BCUT2D eigenvalue weighted by atomic mass is 15.1. The van der Waals surface area contributed by atoms with Crippen LogP contribution >= 0.6 is 0 Å². The third-order valence-corrected chi connectivity index (χ3v) is 4.73. The van der Waals surface area contributed by atoms with Crippen LogP contribution in [0.2, 0.25) is 0 Å². The number of imidazole rings is 1. The Morgan fingerprint density at radius 3 is 2.78 bits per heavy atom. The third kappa shape index (κ3) is 2.46. The minimum absolute atomic E-state index is 0.838. The van der Waals surface area contributed by atoms with Crippen molar-refractivity contribution in [2.45, 2.75) is 45.6 Å². The van der Waals surface area contributed by atoms with Gasteiger partial charge in [0, 0.05) is 24.9 Å². The Kier molecular flexibility index (Phi) is 3.42. The summed E-state index contributed by atoms with van der Waals surface area (Å²) < 4.78 is 2.50. The van der Waals surface area contributed by atoms with E-state index < -0.39 is 0 Å². The quantitative estimate of drug-likeness (QED) is 0.800. The Labute approximate surface area is 110 Å². The largest absolute Gasteiger partial charge is 0.332 e. The second-order valence-electron chi connectivity index (χ2n) is 6.37. The molecule has 3 rings (SSSR count). The number of rotatable bonds is 2. The summed E-state index contributed by atoms with van der Waals surface area (Å²) in [5.74, 6) is 3.05. The van der Waals surface area contributed by atoms with Crippen LogP contribution in [-0.2, 0) is 19.4 Å². The molecular formula is C15H25N3. The lowest BCUT2D eigenvalue weighted by Crippen LogP contribution is -2.31. The average Bonchev–Trinajstić information content (AvgIpc) is 2.74. The topological polar surface area (TPSA) is 21.1 Å². The molecule has 1 unspecified atom stereocenters. The molecule has 100 valence electrons. The molecule has 2 aliphatic rings. The first-order chi connectivity index (χ1) is 8.72. The van der Waals surface area contributed by atoms with Gasteiger partial charge in [0.2, 0.25) is 0 Å². The number of hydrogen-bond acceptors (Lipinski definition) is 2. The molecule has 1 aromatic heterocycles. The molecule has 1 aromatic rings. The van der Waals surface area contributed by atoms with Crippen molar-refractivity contribution in [2.24, 2.45) is 11.8 Å². The zero-order valence-corrected chi connectivity index (χ0v) is 11.7. The number of fused-ring (bicyclic) bond motifs is 1. The maximum atomic E-state index is 4.69. The monoisotopic (exact) mass is 247 g/mol. The molecule has 0 spiro atoms. The Hall–Kier alpha value is -0.830. The highest BCUT2D eigenvalue weighted by Crippen LogP contribution is 2.25. The van der Waals surface area contributed by atoms with Gasteiger partial charge in [0.15, 0.2) is 0 Å². The van der Waals surface area contributed by atoms with Gasteiger partial charge in [0.1, 0.15) is 5.82 Å². The standard InChI is InChI=1S/C15H25N3/c1-12-3-8-18-14(9-12)11-16-15(18)10-13-4-6-17(2)7-5-13/h11-13H,3-10H2,1-2H3. The highest BCUT2D eigenvalue weighted by Gasteiger charge is 2.22. The molecule has 0 bridgehead atoms. The molecule has 0 N–H and O–H groups in total. The van der Waals surface area contributed by atoms with Gasteiger partial charge < -0.3 is 9.47 Å². The van der Waals surface area contributed by atoms with E-state index in [1.807, 2.05) is 0 Å². The Bertz CT molecular complexity index is 402. The number of piperidine rings is 1. The molecular weight excluding hydrogens is 222 g/mol. The molecule has 3 nitrogen and oxygen atoms in total. The Morgan fingerprint density at radius 2 is 2.00 bits per heavy atom. The van der Waals surface area contributed by atoms with E-state index in [2.05, 4.69) is 29.6 Å². The summed E-state index contributed by atoms with van der Waals surface area (Å²) in [4.78, 5) is 7.14. The Morgan fingerprint density at radius 1 is 1.22 bits per heavy atom. The summed E-state index contributed by atoms with van der Waals surface area (Å²) in [5, 5.41) is 0. The predicted octanol–water partition coefficient (Wildman–Crippen LogP) is 2.35. The summed E-state index contributed by atoms with van der Waals surface area (Å²) in [5.41, 5.74) is 1.47. The van der Waals surface area contributed by atoms with Crippen molar-refractivity contribution < 1.29 is 0 Å². The number of nitrogens with zero attached hydrogens (tertiary/aromatic N) is 3. The van der Waals surface area contributed by atoms with Crippen LogP contribution < -0.4 is 0 Å². The van der Waals surface area contributed by atoms with E-state index in [-0.39, 0.29) is 0 Å². The highest BCUT2D eigenvalue weighted by molar-refractivity contribution is 5.09. The second kappa shape index (κ2) is 5.04. The summed E-state index contributed by atoms with van der Waals surface area (Å²) in [6.07, 6.45) is 8.55. The van der Waals surface area contributed by atoms with Gasteiger partial charge in [-0.1, -0.05) is 6.92 Å². The second-order valence-corrected chi connectivity index (χ2v) is 6.37. The van der Waals surface area contributed by atoms with Gasteiger partial charge in [-0.3, -0.25) is 0 Å². The van der Waals surface area contributed by atoms with Crippen LogP contribution in [0.4, 0.5) is 0 Å². The van der Waals surface area contributed by atoms with E-state index in [0.717, 1.165) is 11.8 Å². The third-order valence-electron chi connectivity index (χ3n) is 4.73. The minimum Gasteiger partial charge on any atom is -0.332 e. The van der Waals surface area contributed by atoms with Crippen LogP contribution in [0.15, 0.2) is 6.20 Å². The normalized spacial score (nSPS) is 26.2. The molecule has 1 fully saturated rings. The molecule has 3 heterocycles. The van der Waals surface area contributed by atoms with Crippen LogP contribution in [0.25, 0.3) is 0 Å². The van der Waals surface area contributed by atoms with E-state index in [4.69, 9.17) is 4.98 Å². The van der Waals surface area contributed by atoms with Crippen molar-refractivity contribution in [2.75, 3.05) is 20.1 Å². The first-order valence-electron chi connectivity index (χ1n) is 7.44. The van der Waals surface area contributed by atoms with E-state index >= 15 is 0 Å². The van der Waals surface area contributed by atoms with Gasteiger partial charge in [0.05, 0.1) is 0 Å². The van der Waals surface area contributed by atoms with Gasteiger partial charge in [-0.2, -0.15) is 0 Å². The molecule has 0 aliphatic carbocycles. The van der Waals surface area contributed by atoms with Crippen molar-refractivity contribution in [3.05, 3.63) is 17.7 Å².